The molecule has 0 aliphatic heterocycles. The molecule has 0 saturated heterocycles. The first-order valence-electron chi connectivity index (χ1n) is 7.41. The highest BCUT2D eigenvalue weighted by Crippen LogP contribution is 2.14. The number of aromatic nitrogens is 1. The van der Waals surface area contributed by atoms with Crippen LogP contribution in [0.4, 0.5) is 4.39 Å². The molecule has 1 aromatic carbocycles. The van der Waals surface area contributed by atoms with Crippen LogP contribution in [0.15, 0.2) is 48.7 Å². The maximum Gasteiger partial charge on any atom is 0.225 e. The average Bonchev–Trinajstić information content (AvgIpc) is 2.54. The number of hydrogen-bond acceptors (Lipinski definition) is 3. The Morgan fingerprint density at radius 2 is 2.00 bits per heavy atom. The standard InChI is InChI=1S/C18H19FN2O2/c1-13(10-17(22)14-6-5-7-15(19)11-14)18(23)21(2)12-16-8-3-4-9-20-16/h3-9,11,13H,10,12H2,1-2H3/t13-/m0/s1. The minimum absolute atomic E-state index is 0.0504. The lowest BCUT2D eigenvalue weighted by atomic mass is 9.98. The molecule has 120 valence electrons. The highest BCUT2D eigenvalue weighted by atomic mass is 19.1. The van der Waals surface area contributed by atoms with Crippen molar-refractivity contribution in [2.75, 3.05) is 7.05 Å². The predicted octanol–water partition coefficient (Wildman–Crippen LogP) is 3.09. The van der Waals surface area contributed by atoms with E-state index in [0.717, 1.165) is 5.69 Å². The molecule has 0 spiro atoms. The van der Waals surface area contributed by atoms with Crippen LogP contribution in [0.5, 0.6) is 0 Å². The van der Waals surface area contributed by atoms with Gasteiger partial charge in [-0.2, -0.15) is 0 Å². The van der Waals surface area contributed by atoms with Crippen LogP contribution < -0.4 is 0 Å². The van der Waals surface area contributed by atoms with E-state index in [2.05, 4.69) is 4.98 Å². The largest absolute Gasteiger partial charge is 0.340 e. The number of carbonyl (C=O) groups is 2. The number of benzene rings is 1. The van der Waals surface area contributed by atoms with Crippen LogP contribution in [0.3, 0.4) is 0 Å². The summed E-state index contributed by atoms with van der Waals surface area (Å²) in [6.45, 7) is 2.09. The lowest BCUT2D eigenvalue weighted by molar-refractivity contribution is -0.134. The first kappa shape index (κ1) is 16.8. The van der Waals surface area contributed by atoms with E-state index in [-0.39, 0.29) is 23.7 Å². The molecule has 1 aromatic heterocycles. The number of ketones is 1. The van der Waals surface area contributed by atoms with Crippen molar-refractivity contribution >= 4 is 11.7 Å². The third-order valence-electron chi connectivity index (χ3n) is 3.56. The van der Waals surface area contributed by atoms with Gasteiger partial charge in [0, 0.05) is 31.1 Å². The second-order valence-electron chi connectivity index (χ2n) is 5.55. The van der Waals surface area contributed by atoms with Crippen LogP contribution in [-0.4, -0.2) is 28.6 Å². The van der Waals surface area contributed by atoms with Crippen LogP contribution in [0.2, 0.25) is 0 Å². The van der Waals surface area contributed by atoms with Crippen molar-refractivity contribution in [3.63, 3.8) is 0 Å². The zero-order valence-electron chi connectivity index (χ0n) is 13.2. The maximum absolute atomic E-state index is 13.2. The van der Waals surface area contributed by atoms with E-state index in [4.69, 9.17) is 0 Å². The zero-order valence-corrected chi connectivity index (χ0v) is 13.2. The van der Waals surface area contributed by atoms with Gasteiger partial charge in [0.05, 0.1) is 12.2 Å². The SMILES string of the molecule is C[C@@H](CC(=O)c1cccc(F)c1)C(=O)N(C)Cc1ccccn1. The maximum atomic E-state index is 13.2. The van der Waals surface area contributed by atoms with Crippen LogP contribution in [-0.2, 0) is 11.3 Å². The van der Waals surface area contributed by atoms with Crippen molar-refractivity contribution in [1.29, 1.82) is 0 Å². The van der Waals surface area contributed by atoms with Gasteiger partial charge in [0.2, 0.25) is 5.91 Å². The van der Waals surface area contributed by atoms with E-state index in [0.29, 0.717) is 6.54 Å². The second kappa shape index (κ2) is 7.63. The number of nitrogens with zero attached hydrogens (tertiary/aromatic N) is 2. The van der Waals surface area contributed by atoms with E-state index in [9.17, 15) is 14.0 Å². The summed E-state index contributed by atoms with van der Waals surface area (Å²) in [4.78, 5) is 30.2. The summed E-state index contributed by atoms with van der Waals surface area (Å²) in [5, 5.41) is 0. The minimum Gasteiger partial charge on any atom is -0.340 e. The zero-order chi connectivity index (χ0) is 16.8. The Bertz CT molecular complexity index is 688. The van der Waals surface area contributed by atoms with Crippen LogP contribution in [0, 0.1) is 11.7 Å². The molecule has 0 N–H and O–H groups in total. The highest BCUT2D eigenvalue weighted by Gasteiger charge is 2.21. The van der Waals surface area contributed by atoms with Gasteiger partial charge in [0.15, 0.2) is 5.78 Å². The van der Waals surface area contributed by atoms with E-state index < -0.39 is 11.7 Å². The summed E-state index contributed by atoms with van der Waals surface area (Å²) in [6.07, 6.45) is 1.72. The molecule has 1 atom stereocenters. The van der Waals surface area contributed by atoms with Gasteiger partial charge in [0.1, 0.15) is 5.82 Å². The lowest BCUT2D eigenvalue weighted by Crippen LogP contribution is -2.32. The van der Waals surface area contributed by atoms with E-state index in [1.165, 1.54) is 18.2 Å². The average molecular weight is 314 g/mol. The number of hydrogen-bond donors (Lipinski definition) is 0. The first-order chi connectivity index (χ1) is 11.0. The molecule has 1 heterocycles. The quantitative estimate of drug-likeness (QED) is 0.770. The molecular weight excluding hydrogens is 295 g/mol. The van der Waals surface area contributed by atoms with Crippen molar-refractivity contribution in [1.82, 2.24) is 9.88 Å². The van der Waals surface area contributed by atoms with Crippen molar-refractivity contribution < 1.29 is 14.0 Å². The molecule has 0 saturated carbocycles. The van der Waals surface area contributed by atoms with Crippen molar-refractivity contribution in [2.45, 2.75) is 19.9 Å². The Hall–Kier alpha value is -2.56. The Balaban J connectivity index is 1.95. The third-order valence-corrected chi connectivity index (χ3v) is 3.56. The summed E-state index contributed by atoms with van der Waals surface area (Å²) in [6, 6.07) is 11.0. The fraction of sp³-hybridized carbons (Fsp3) is 0.278. The second-order valence-corrected chi connectivity index (χ2v) is 5.55. The molecule has 1 amide bonds. The monoisotopic (exact) mass is 314 g/mol. The van der Waals surface area contributed by atoms with Crippen molar-refractivity contribution in [3.8, 4) is 0 Å². The molecule has 0 radical (unpaired) electrons. The number of amides is 1. The Kier molecular flexibility index (Phi) is 5.57. The fourth-order valence-electron chi connectivity index (χ4n) is 2.33. The smallest absolute Gasteiger partial charge is 0.225 e. The number of halogens is 1. The van der Waals surface area contributed by atoms with E-state index in [1.54, 1.807) is 31.1 Å². The van der Waals surface area contributed by atoms with Gasteiger partial charge in [-0.25, -0.2) is 4.39 Å². The first-order valence-corrected chi connectivity index (χ1v) is 7.41. The third kappa shape index (κ3) is 4.71. The Labute approximate surface area is 135 Å². The summed E-state index contributed by atoms with van der Waals surface area (Å²) >= 11 is 0. The van der Waals surface area contributed by atoms with E-state index in [1.807, 2.05) is 18.2 Å². The molecule has 0 fully saturated rings. The molecule has 0 aliphatic rings. The van der Waals surface area contributed by atoms with Crippen LogP contribution in [0.25, 0.3) is 0 Å². The van der Waals surface area contributed by atoms with Crippen LogP contribution in [0.1, 0.15) is 29.4 Å². The molecule has 0 aliphatic carbocycles. The predicted molar refractivity (Wildman–Crippen MR) is 85.2 cm³/mol. The number of rotatable bonds is 6. The number of Topliss-reactive ketones (excluding diaryl/α,β-unsaturated/α-hetero) is 1. The molecule has 0 bridgehead atoms. The molecule has 0 unspecified atom stereocenters. The summed E-state index contributed by atoms with van der Waals surface area (Å²) in [5.74, 6) is -1.31. The summed E-state index contributed by atoms with van der Waals surface area (Å²) in [5.41, 5.74) is 1.07. The Morgan fingerprint density at radius 3 is 2.65 bits per heavy atom. The van der Waals surface area contributed by atoms with Crippen LogP contribution >= 0.6 is 0 Å². The van der Waals surface area contributed by atoms with Gasteiger partial charge in [-0.1, -0.05) is 25.1 Å². The molecule has 4 nitrogen and oxygen atoms in total. The molecular formula is C18H19FN2O2. The molecule has 2 rings (SSSR count). The number of pyridine rings is 1. The van der Waals surface area contributed by atoms with Gasteiger partial charge >= 0.3 is 0 Å². The van der Waals surface area contributed by atoms with Crippen molar-refractivity contribution in [3.05, 3.63) is 65.7 Å². The number of carbonyl (C=O) groups excluding carboxylic acids is 2. The van der Waals surface area contributed by atoms with E-state index >= 15 is 0 Å². The molecule has 23 heavy (non-hydrogen) atoms. The molecule has 5 heteroatoms. The van der Waals surface area contributed by atoms with Crippen molar-refractivity contribution in [2.24, 2.45) is 5.92 Å². The lowest BCUT2D eigenvalue weighted by Gasteiger charge is -2.20. The highest BCUT2D eigenvalue weighted by molar-refractivity contribution is 5.98. The Morgan fingerprint density at radius 1 is 1.22 bits per heavy atom. The fourth-order valence-corrected chi connectivity index (χ4v) is 2.33. The molecule has 2 aromatic rings. The summed E-state index contributed by atoms with van der Waals surface area (Å²) in [7, 11) is 1.68. The normalized spacial score (nSPS) is 11.8. The minimum atomic E-state index is -0.473. The van der Waals surface area contributed by atoms with Gasteiger partial charge in [-0.3, -0.25) is 14.6 Å². The van der Waals surface area contributed by atoms with Gasteiger partial charge in [-0.05, 0) is 24.3 Å². The van der Waals surface area contributed by atoms with Gasteiger partial charge in [0.25, 0.3) is 0 Å². The van der Waals surface area contributed by atoms with Gasteiger partial charge < -0.3 is 4.90 Å². The summed E-state index contributed by atoms with van der Waals surface area (Å²) < 4.78 is 13.2. The topological polar surface area (TPSA) is 50.3 Å². The van der Waals surface area contributed by atoms with Gasteiger partial charge in [-0.15, -0.1) is 0 Å².